The third-order valence-corrected chi connectivity index (χ3v) is 3.71. The highest BCUT2D eigenvalue weighted by Crippen LogP contribution is 2.15. The van der Waals surface area contributed by atoms with Gasteiger partial charge in [-0.3, -0.25) is 0 Å². The Labute approximate surface area is 121 Å². The van der Waals surface area contributed by atoms with Crippen LogP contribution < -0.4 is 10.1 Å². The van der Waals surface area contributed by atoms with E-state index in [9.17, 15) is 4.79 Å². The lowest BCUT2D eigenvalue weighted by molar-refractivity contribution is 0.172. The van der Waals surface area contributed by atoms with Gasteiger partial charge in [0.15, 0.2) is 0 Å². The van der Waals surface area contributed by atoms with Crippen LogP contribution in [-0.4, -0.2) is 37.2 Å². The van der Waals surface area contributed by atoms with Crippen LogP contribution in [0.25, 0.3) is 0 Å². The molecule has 4 nitrogen and oxygen atoms in total. The molecule has 0 aliphatic carbocycles. The first kappa shape index (κ1) is 14.7. The maximum atomic E-state index is 11.9. The van der Waals surface area contributed by atoms with Crippen molar-refractivity contribution in [1.82, 2.24) is 10.2 Å². The van der Waals surface area contributed by atoms with Crippen molar-refractivity contribution in [2.24, 2.45) is 5.92 Å². The summed E-state index contributed by atoms with van der Waals surface area (Å²) in [7, 11) is 0. The first-order valence-electron chi connectivity index (χ1n) is 7.37. The molecule has 1 aliphatic rings. The molecule has 0 bridgehead atoms. The lowest BCUT2D eigenvalue weighted by Crippen LogP contribution is -2.45. The Balaban J connectivity index is 1.64. The molecule has 2 rings (SSSR count). The SMILES string of the molecule is Cc1cccc(OCCNC(=O)N2CCC(C)CC2)c1. The molecule has 0 unspecified atom stereocenters. The molecule has 0 aromatic heterocycles. The summed E-state index contributed by atoms with van der Waals surface area (Å²) >= 11 is 0. The van der Waals surface area contributed by atoms with E-state index < -0.39 is 0 Å². The van der Waals surface area contributed by atoms with Crippen LogP contribution in [0.2, 0.25) is 0 Å². The summed E-state index contributed by atoms with van der Waals surface area (Å²) < 4.78 is 5.61. The largest absolute Gasteiger partial charge is 0.492 e. The van der Waals surface area contributed by atoms with Gasteiger partial charge in [-0.15, -0.1) is 0 Å². The number of nitrogens with zero attached hydrogens (tertiary/aromatic N) is 1. The normalized spacial score (nSPS) is 16.0. The zero-order valence-corrected chi connectivity index (χ0v) is 12.4. The highest BCUT2D eigenvalue weighted by atomic mass is 16.5. The number of hydrogen-bond donors (Lipinski definition) is 1. The van der Waals surface area contributed by atoms with Gasteiger partial charge in [0.1, 0.15) is 12.4 Å². The fourth-order valence-corrected chi connectivity index (χ4v) is 2.36. The van der Waals surface area contributed by atoms with Crippen molar-refractivity contribution in [3.8, 4) is 5.75 Å². The number of urea groups is 1. The number of aryl methyl sites for hydroxylation is 1. The Hall–Kier alpha value is -1.71. The number of carbonyl (C=O) groups is 1. The Bertz CT molecular complexity index is 440. The van der Waals surface area contributed by atoms with E-state index in [4.69, 9.17) is 4.74 Å². The highest BCUT2D eigenvalue weighted by Gasteiger charge is 2.19. The summed E-state index contributed by atoms with van der Waals surface area (Å²) in [6, 6.07) is 7.96. The average Bonchev–Trinajstić information content (AvgIpc) is 2.44. The fraction of sp³-hybridized carbons (Fsp3) is 0.562. The molecule has 0 radical (unpaired) electrons. The quantitative estimate of drug-likeness (QED) is 0.859. The molecule has 4 heteroatoms. The van der Waals surface area contributed by atoms with Gasteiger partial charge in [-0.2, -0.15) is 0 Å². The van der Waals surface area contributed by atoms with Crippen molar-refractivity contribution >= 4 is 6.03 Å². The van der Waals surface area contributed by atoms with Gasteiger partial charge in [-0.25, -0.2) is 4.79 Å². The zero-order valence-electron chi connectivity index (χ0n) is 12.4. The number of likely N-dealkylation sites (tertiary alicyclic amines) is 1. The smallest absolute Gasteiger partial charge is 0.317 e. The molecular weight excluding hydrogens is 252 g/mol. The lowest BCUT2D eigenvalue weighted by Gasteiger charge is -2.30. The fourth-order valence-electron chi connectivity index (χ4n) is 2.36. The van der Waals surface area contributed by atoms with Crippen LogP contribution >= 0.6 is 0 Å². The summed E-state index contributed by atoms with van der Waals surface area (Å²) in [6.45, 7) is 7.05. The summed E-state index contributed by atoms with van der Waals surface area (Å²) in [5.41, 5.74) is 1.17. The number of benzene rings is 1. The van der Waals surface area contributed by atoms with E-state index in [2.05, 4.69) is 12.2 Å². The van der Waals surface area contributed by atoms with Gasteiger partial charge in [0.25, 0.3) is 0 Å². The van der Waals surface area contributed by atoms with E-state index in [1.165, 1.54) is 5.56 Å². The Kier molecular flexibility index (Phi) is 5.27. The summed E-state index contributed by atoms with van der Waals surface area (Å²) in [6.07, 6.45) is 2.21. The van der Waals surface area contributed by atoms with E-state index in [-0.39, 0.29) is 6.03 Å². The summed E-state index contributed by atoms with van der Waals surface area (Å²) in [5, 5.41) is 2.91. The van der Waals surface area contributed by atoms with Gasteiger partial charge in [0.2, 0.25) is 0 Å². The van der Waals surface area contributed by atoms with Crippen molar-refractivity contribution in [2.75, 3.05) is 26.2 Å². The monoisotopic (exact) mass is 276 g/mol. The van der Waals surface area contributed by atoms with Crippen LogP contribution in [0.15, 0.2) is 24.3 Å². The van der Waals surface area contributed by atoms with Crippen LogP contribution in [-0.2, 0) is 0 Å². The molecular formula is C16H24N2O2. The first-order chi connectivity index (χ1) is 9.65. The Morgan fingerprint density at radius 2 is 2.15 bits per heavy atom. The number of rotatable bonds is 4. The molecule has 1 heterocycles. The molecule has 0 saturated carbocycles. The second-order valence-electron chi connectivity index (χ2n) is 5.57. The Morgan fingerprint density at radius 1 is 1.40 bits per heavy atom. The van der Waals surface area contributed by atoms with Gasteiger partial charge in [-0.05, 0) is 43.4 Å². The van der Waals surface area contributed by atoms with E-state index >= 15 is 0 Å². The van der Waals surface area contributed by atoms with Crippen LogP contribution in [0, 0.1) is 12.8 Å². The zero-order chi connectivity index (χ0) is 14.4. The predicted molar refractivity (Wildman–Crippen MR) is 80.0 cm³/mol. The van der Waals surface area contributed by atoms with E-state index in [1.54, 1.807) is 0 Å². The highest BCUT2D eigenvalue weighted by molar-refractivity contribution is 5.74. The van der Waals surface area contributed by atoms with E-state index in [1.807, 2.05) is 36.1 Å². The number of hydrogen-bond acceptors (Lipinski definition) is 2. The minimum atomic E-state index is 0.0322. The van der Waals surface area contributed by atoms with Crippen molar-refractivity contribution in [2.45, 2.75) is 26.7 Å². The lowest BCUT2D eigenvalue weighted by atomic mass is 10.00. The maximum Gasteiger partial charge on any atom is 0.317 e. The number of piperidine rings is 1. The second-order valence-corrected chi connectivity index (χ2v) is 5.57. The number of ether oxygens (including phenoxy) is 1. The molecule has 0 spiro atoms. The van der Waals surface area contributed by atoms with Crippen molar-refractivity contribution in [3.63, 3.8) is 0 Å². The standard InChI is InChI=1S/C16H24N2O2/c1-13-6-9-18(10-7-13)16(19)17-8-11-20-15-5-3-4-14(2)12-15/h3-5,12-13H,6-11H2,1-2H3,(H,17,19). The average molecular weight is 276 g/mol. The minimum Gasteiger partial charge on any atom is -0.492 e. The van der Waals surface area contributed by atoms with Crippen LogP contribution in [0.5, 0.6) is 5.75 Å². The van der Waals surface area contributed by atoms with E-state index in [0.29, 0.717) is 13.2 Å². The molecule has 1 saturated heterocycles. The Morgan fingerprint density at radius 3 is 2.85 bits per heavy atom. The molecule has 1 aromatic rings. The molecule has 1 aliphatic heterocycles. The molecule has 0 atom stereocenters. The summed E-state index contributed by atoms with van der Waals surface area (Å²) in [5.74, 6) is 1.59. The van der Waals surface area contributed by atoms with Gasteiger partial charge < -0.3 is 15.0 Å². The first-order valence-corrected chi connectivity index (χ1v) is 7.37. The van der Waals surface area contributed by atoms with Crippen LogP contribution in [0.4, 0.5) is 4.79 Å². The maximum absolute atomic E-state index is 11.9. The number of amides is 2. The van der Waals surface area contributed by atoms with Gasteiger partial charge in [0, 0.05) is 13.1 Å². The van der Waals surface area contributed by atoms with E-state index in [0.717, 1.165) is 37.6 Å². The topological polar surface area (TPSA) is 41.6 Å². The molecule has 110 valence electrons. The molecule has 1 fully saturated rings. The van der Waals surface area contributed by atoms with Crippen molar-refractivity contribution < 1.29 is 9.53 Å². The van der Waals surface area contributed by atoms with Gasteiger partial charge in [0.05, 0.1) is 6.54 Å². The third-order valence-electron chi connectivity index (χ3n) is 3.71. The van der Waals surface area contributed by atoms with Crippen molar-refractivity contribution in [1.29, 1.82) is 0 Å². The third kappa shape index (κ3) is 4.44. The van der Waals surface area contributed by atoms with Gasteiger partial charge >= 0.3 is 6.03 Å². The van der Waals surface area contributed by atoms with Gasteiger partial charge in [-0.1, -0.05) is 19.1 Å². The molecule has 1 N–H and O–H groups in total. The number of carbonyl (C=O) groups excluding carboxylic acids is 1. The molecule has 2 amide bonds. The second kappa shape index (κ2) is 7.17. The predicted octanol–water partition coefficient (Wildman–Crippen LogP) is 2.82. The minimum absolute atomic E-state index is 0.0322. The molecule has 20 heavy (non-hydrogen) atoms. The molecule has 1 aromatic carbocycles. The van der Waals surface area contributed by atoms with Crippen LogP contribution in [0.1, 0.15) is 25.3 Å². The number of nitrogens with one attached hydrogen (secondary N) is 1. The van der Waals surface area contributed by atoms with Crippen molar-refractivity contribution in [3.05, 3.63) is 29.8 Å². The van der Waals surface area contributed by atoms with Crippen LogP contribution in [0.3, 0.4) is 0 Å². The summed E-state index contributed by atoms with van der Waals surface area (Å²) in [4.78, 5) is 13.8.